The first-order chi connectivity index (χ1) is 6.26. The summed E-state index contributed by atoms with van der Waals surface area (Å²) in [5.41, 5.74) is 0. The van der Waals surface area contributed by atoms with Crippen molar-refractivity contribution in [3.05, 3.63) is 0 Å². The number of aliphatic hydroxyl groups is 1. The van der Waals surface area contributed by atoms with Crippen LogP contribution in [0.4, 0.5) is 0 Å². The van der Waals surface area contributed by atoms with Gasteiger partial charge in [0.1, 0.15) is 0 Å². The second-order valence-electron chi connectivity index (χ2n) is 4.07. The van der Waals surface area contributed by atoms with E-state index < -0.39 is 0 Å². The summed E-state index contributed by atoms with van der Waals surface area (Å²) < 4.78 is 0. The van der Waals surface area contributed by atoms with Gasteiger partial charge in [-0.3, -0.25) is 0 Å². The molecule has 0 aromatic carbocycles. The minimum absolute atomic E-state index is 0.295. The highest BCUT2D eigenvalue weighted by Gasteiger charge is 2.19. The standard InChI is InChI=1S/C10H22N2O/c1-3-12-7-9(2)6-11-10(8-12)4-5-13/h9-11,13H,3-8H2,1-2H3. The summed E-state index contributed by atoms with van der Waals surface area (Å²) in [6, 6.07) is 0.481. The lowest BCUT2D eigenvalue weighted by Gasteiger charge is -2.22. The van der Waals surface area contributed by atoms with E-state index in [1.165, 1.54) is 6.54 Å². The van der Waals surface area contributed by atoms with E-state index >= 15 is 0 Å². The van der Waals surface area contributed by atoms with Crippen LogP contribution in [0.1, 0.15) is 20.3 Å². The molecule has 0 aromatic rings. The molecule has 0 aromatic heterocycles. The zero-order chi connectivity index (χ0) is 9.68. The number of likely N-dealkylation sites (N-methyl/N-ethyl adjacent to an activating group) is 1. The van der Waals surface area contributed by atoms with E-state index in [1.807, 2.05) is 0 Å². The normalized spacial score (nSPS) is 31.6. The SMILES string of the molecule is CCN1CC(C)CNC(CCO)C1. The van der Waals surface area contributed by atoms with Gasteiger partial charge in [0.05, 0.1) is 0 Å². The Labute approximate surface area is 81.1 Å². The van der Waals surface area contributed by atoms with Crippen molar-refractivity contribution in [1.82, 2.24) is 10.2 Å². The number of rotatable bonds is 3. The molecular weight excluding hydrogens is 164 g/mol. The zero-order valence-electron chi connectivity index (χ0n) is 8.79. The van der Waals surface area contributed by atoms with Gasteiger partial charge in [-0.15, -0.1) is 0 Å². The molecule has 0 radical (unpaired) electrons. The Hall–Kier alpha value is -0.120. The first-order valence-electron chi connectivity index (χ1n) is 5.32. The summed E-state index contributed by atoms with van der Waals surface area (Å²) in [4.78, 5) is 2.46. The number of aliphatic hydroxyl groups excluding tert-OH is 1. The number of nitrogens with one attached hydrogen (secondary N) is 1. The fraction of sp³-hybridized carbons (Fsp3) is 1.00. The Morgan fingerprint density at radius 2 is 2.23 bits per heavy atom. The first kappa shape index (κ1) is 11.0. The van der Waals surface area contributed by atoms with Crippen molar-refractivity contribution in [2.45, 2.75) is 26.3 Å². The van der Waals surface area contributed by atoms with E-state index in [-0.39, 0.29) is 0 Å². The molecule has 13 heavy (non-hydrogen) atoms. The van der Waals surface area contributed by atoms with E-state index in [1.54, 1.807) is 0 Å². The topological polar surface area (TPSA) is 35.5 Å². The van der Waals surface area contributed by atoms with Crippen LogP contribution in [0.3, 0.4) is 0 Å². The van der Waals surface area contributed by atoms with Crippen LogP contribution in [0.15, 0.2) is 0 Å². The molecule has 0 saturated carbocycles. The van der Waals surface area contributed by atoms with E-state index in [0.717, 1.165) is 32.0 Å². The molecule has 78 valence electrons. The smallest absolute Gasteiger partial charge is 0.0446 e. The van der Waals surface area contributed by atoms with Gasteiger partial charge in [0.2, 0.25) is 0 Å². The van der Waals surface area contributed by atoms with Crippen LogP contribution in [0.25, 0.3) is 0 Å². The monoisotopic (exact) mass is 186 g/mol. The van der Waals surface area contributed by atoms with Crippen molar-refractivity contribution in [2.75, 3.05) is 32.8 Å². The second kappa shape index (κ2) is 5.58. The van der Waals surface area contributed by atoms with Gasteiger partial charge in [0.25, 0.3) is 0 Å². The summed E-state index contributed by atoms with van der Waals surface area (Å²) >= 11 is 0. The van der Waals surface area contributed by atoms with Gasteiger partial charge in [0.15, 0.2) is 0 Å². The van der Waals surface area contributed by atoms with E-state index in [0.29, 0.717) is 12.6 Å². The van der Waals surface area contributed by atoms with E-state index in [4.69, 9.17) is 5.11 Å². The zero-order valence-corrected chi connectivity index (χ0v) is 8.79. The minimum atomic E-state index is 0.295. The highest BCUT2D eigenvalue weighted by Crippen LogP contribution is 2.07. The predicted octanol–water partition coefficient (Wildman–Crippen LogP) is 0.299. The average molecular weight is 186 g/mol. The molecule has 3 heteroatoms. The third-order valence-corrected chi connectivity index (χ3v) is 2.73. The van der Waals surface area contributed by atoms with Crippen molar-refractivity contribution in [2.24, 2.45) is 5.92 Å². The Morgan fingerprint density at radius 1 is 1.46 bits per heavy atom. The lowest BCUT2D eigenvalue weighted by atomic mass is 10.2. The fourth-order valence-electron chi connectivity index (χ4n) is 1.93. The molecule has 1 saturated heterocycles. The van der Waals surface area contributed by atoms with Crippen molar-refractivity contribution < 1.29 is 5.11 Å². The Balaban J connectivity index is 2.41. The Morgan fingerprint density at radius 3 is 2.85 bits per heavy atom. The quantitative estimate of drug-likeness (QED) is 0.665. The van der Waals surface area contributed by atoms with Crippen molar-refractivity contribution >= 4 is 0 Å². The third-order valence-electron chi connectivity index (χ3n) is 2.73. The summed E-state index contributed by atoms with van der Waals surface area (Å²) in [5, 5.41) is 12.4. The highest BCUT2D eigenvalue weighted by molar-refractivity contribution is 4.78. The van der Waals surface area contributed by atoms with E-state index in [2.05, 4.69) is 24.1 Å². The Bertz CT molecular complexity index is 141. The van der Waals surface area contributed by atoms with Crippen molar-refractivity contribution in [1.29, 1.82) is 0 Å². The molecule has 1 aliphatic heterocycles. The lowest BCUT2D eigenvalue weighted by molar-refractivity contribution is 0.227. The summed E-state index contributed by atoms with van der Waals surface area (Å²) in [6.45, 7) is 9.25. The van der Waals surface area contributed by atoms with Crippen LogP contribution >= 0.6 is 0 Å². The maximum absolute atomic E-state index is 8.88. The molecule has 2 atom stereocenters. The minimum Gasteiger partial charge on any atom is -0.396 e. The molecule has 0 bridgehead atoms. The first-order valence-corrected chi connectivity index (χ1v) is 5.32. The molecule has 0 aliphatic carbocycles. The molecule has 0 amide bonds. The summed E-state index contributed by atoms with van der Waals surface area (Å²) in [6.07, 6.45) is 0.878. The van der Waals surface area contributed by atoms with E-state index in [9.17, 15) is 0 Å². The van der Waals surface area contributed by atoms with Gasteiger partial charge in [-0.2, -0.15) is 0 Å². The number of nitrogens with zero attached hydrogens (tertiary/aromatic N) is 1. The molecule has 0 spiro atoms. The molecule has 3 nitrogen and oxygen atoms in total. The number of hydrogen-bond acceptors (Lipinski definition) is 3. The predicted molar refractivity (Wildman–Crippen MR) is 54.8 cm³/mol. The van der Waals surface area contributed by atoms with Gasteiger partial charge in [-0.1, -0.05) is 13.8 Å². The Kier molecular flexibility index (Phi) is 4.70. The van der Waals surface area contributed by atoms with Crippen molar-refractivity contribution in [3.8, 4) is 0 Å². The van der Waals surface area contributed by atoms with Crippen LogP contribution in [-0.4, -0.2) is 48.8 Å². The van der Waals surface area contributed by atoms with Crippen LogP contribution in [0, 0.1) is 5.92 Å². The van der Waals surface area contributed by atoms with Crippen LogP contribution in [0.5, 0.6) is 0 Å². The summed E-state index contributed by atoms with van der Waals surface area (Å²) in [5.74, 6) is 0.726. The van der Waals surface area contributed by atoms with Crippen LogP contribution in [-0.2, 0) is 0 Å². The molecule has 1 heterocycles. The van der Waals surface area contributed by atoms with Crippen LogP contribution in [0.2, 0.25) is 0 Å². The fourth-order valence-corrected chi connectivity index (χ4v) is 1.93. The van der Waals surface area contributed by atoms with Gasteiger partial charge in [0, 0.05) is 25.7 Å². The molecule has 2 N–H and O–H groups in total. The molecule has 2 unspecified atom stereocenters. The number of hydrogen-bond donors (Lipinski definition) is 2. The van der Waals surface area contributed by atoms with Gasteiger partial charge in [-0.05, 0) is 25.4 Å². The molecule has 1 aliphatic rings. The van der Waals surface area contributed by atoms with Gasteiger partial charge in [-0.25, -0.2) is 0 Å². The van der Waals surface area contributed by atoms with Crippen molar-refractivity contribution in [3.63, 3.8) is 0 Å². The third kappa shape index (κ3) is 3.63. The molecule has 1 rings (SSSR count). The largest absolute Gasteiger partial charge is 0.396 e. The molecular formula is C10H22N2O. The molecule has 1 fully saturated rings. The lowest BCUT2D eigenvalue weighted by Crippen LogP contribution is -2.38. The highest BCUT2D eigenvalue weighted by atomic mass is 16.3. The maximum atomic E-state index is 8.88. The average Bonchev–Trinajstić information content (AvgIpc) is 2.29. The summed E-state index contributed by atoms with van der Waals surface area (Å²) in [7, 11) is 0. The van der Waals surface area contributed by atoms with Gasteiger partial charge < -0.3 is 15.3 Å². The maximum Gasteiger partial charge on any atom is 0.0446 e. The van der Waals surface area contributed by atoms with Crippen LogP contribution < -0.4 is 5.32 Å². The second-order valence-corrected chi connectivity index (χ2v) is 4.07. The van der Waals surface area contributed by atoms with Gasteiger partial charge >= 0.3 is 0 Å².